The van der Waals surface area contributed by atoms with Gasteiger partial charge in [0.15, 0.2) is 5.16 Å². The van der Waals surface area contributed by atoms with Crippen molar-refractivity contribution < 1.29 is 9.53 Å². The maximum Gasteiger partial charge on any atom is 0.318 e. The number of fused-ring (bicyclic) bond motifs is 3. The molecule has 0 saturated heterocycles. The lowest BCUT2D eigenvalue weighted by molar-refractivity contribution is -0.139. The Hall–Kier alpha value is -2.12. The number of aromatic nitrogens is 2. The number of aryl methyl sites for hydroxylation is 3. The molecule has 7 heteroatoms. The maximum atomic E-state index is 13.4. The Morgan fingerprint density at radius 3 is 2.86 bits per heavy atom. The number of thioether (sulfide) groups is 1. The number of benzene rings is 1. The Bertz CT molecular complexity index is 1070. The summed E-state index contributed by atoms with van der Waals surface area (Å²) in [5.74, 6) is -0.317. The second-order valence-electron chi connectivity index (χ2n) is 6.91. The van der Waals surface area contributed by atoms with Crippen LogP contribution in [-0.2, 0) is 35.3 Å². The molecule has 2 heterocycles. The van der Waals surface area contributed by atoms with Crippen molar-refractivity contribution in [1.29, 1.82) is 0 Å². The number of carbonyl (C=O) groups is 1. The van der Waals surface area contributed by atoms with E-state index in [2.05, 4.69) is 12.1 Å². The number of hydrogen-bond acceptors (Lipinski definition) is 6. The minimum atomic E-state index is -0.427. The van der Waals surface area contributed by atoms with Gasteiger partial charge in [-0.1, -0.05) is 42.1 Å². The molecular formula is C21H22N2O3S2. The van der Waals surface area contributed by atoms with Crippen LogP contribution < -0.4 is 5.56 Å². The molecule has 1 aliphatic carbocycles. The predicted molar refractivity (Wildman–Crippen MR) is 113 cm³/mol. The van der Waals surface area contributed by atoms with Gasteiger partial charge in [0.1, 0.15) is 10.1 Å². The van der Waals surface area contributed by atoms with E-state index in [0.29, 0.717) is 11.7 Å². The summed E-state index contributed by atoms with van der Waals surface area (Å²) in [7, 11) is 1.38. The van der Waals surface area contributed by atoms with E-state index in [1.807, 2.05) is 18.2 Å². The fourth-order valence-corrected chi connectivity index (χ4v) is 5.87. The fourth-order valence-electron chi connectivity index (χ4n) is 3.60. The fraction of sp³-hybridized carbons (Fsp3) is 0.381. The van der Waals surface area contributed by atoms with E-state index in [1.54, 1.807) is 22.8 Å². The zero-order chi connectivity index (χ0) is 19.7. The number of nitrogens with zero attached hydrogens (tertiary/aromatic N) is 2. The van der Waals surface area contributed by atoms with Gasteiger partial charge in [-0.3, -0.25) is 14.2 Å². The Balaban J connectivity index is 1.76. The topological polar surface area (TPSA) is 61.2 Å². The van der Waals surface area contributed by atoms with E-state index < -0.39 is 5.25 Å². The van der Waals surface area contributed by atoms with E-state index in [-0.39, 0.29) is 11.5 Å². The Labute approximate surface area is 171 Å². The minimum absolute atomic E-state index is 0.0138. The molecule has 1 atom stereocenters. The summed E-state index contributed by atoms with van der Waals surface area (Å²) >= 11 is 2.92. The van der Waals surface area contributed by atoms with Gasteiger partial charge in [0.25, 0.3) is 5.56 Å². The van der Waals surface area contributed by atoms with Crippen LogP contribution in [0.25, 0.3) is 10.2 Å². The molecule has 1 aromatic carbocycles. The van der Waals surface area contributed by atoms with Crippen LogP contribution in [-0.4, -0.2) is 27.9 Å². The quantitative estimate of drug-likeness (QED) is 0.348. The highest BCUT2D eigenvalue weighted by atomic mass is 32.2. The highest BCUT2D eigenvalue weighted by Crippen LogP contribution is 2.36. The summed E-state index contributed by atoms with van der Waals surface area (Å²) in [6.45, 7) is 2.31. The zero-order valence-corrected chi connectivity index (χ0v) is 17.6. The number of methoxy groups -OCH3 is 1. The van der Waals surface area contributed by atoms with Crippen LogP contribution in [0.1, 0.15) is 29.3 Å². The smallest absolute Gasteiger partial charge is 0.318 e. The number of hydrogen-bond donors (Lipinski definition) is 0. The first-order valence-electron chi connectivity index (χ1n) is 9.42. The monoisotopic (exact) mass is 414 g/mol. The average Bonchev–Trinajstić information content (AvgIpc) is 3.28. The minimum Gasteiger partial charge on any atom is -0.468 e. The summed E-state index contributed by atoms with van der Waals surface area (Å²) in [5, 5.41) is 0.941. The van der Waals surface area contributed by atoms with Crippen molar-refractivity contribution in [3.05, 3.63) is 56.7 Å². The van der Waals surface area contributed by atoms with Crippen molar-refractivity contribution in [2.75, 3.05) is 7.11 Å². The van der Waals surface area contributed by atoms with Gasteiger partial charge < -0.3 is 4.74 Å². The molecule has 0 unspecified atom stereocenters. The maximum absolute atomic E-state index is 13.4. The van der Waals surface area contributed by atoms with Crippen molar-refractivity contribution in [3.8, 4) is 0 Å². The first kappa shape index (κ1) is 19.2. The molecular weight excluding hydrogens is 392 g/mol. The number of ether oxygens (including phenoxy) is 1. The summed E-state index contributed by atoms with van der Waals surface area (Å²) in [6.07, 6.45) is 3.83. The van der Waals surface area contributed by atoms with Gasteiger partial charge in [0.05, 0.1) is 12.5 Å². The Kier molecular flexibility index (Phi) is 5.55. The Morgan fingerprint density at radius 2 is 2.11 bits per heavy atom. The van der Waals surface area contributed by atoms with Crippen molar-refractivity contribution in [1.82, 2.24) is 9.55 Å². The summed E-state index contributed by atoms with van der Waals surface area (Å²) < 4.78 is 6.59. The molecule has 0 amide bonds. The lowest BCUT2D eigenvalue weighted by atomic mass is 10.1. The molecule has 0 N–H and O–H groups in total. The van der Waals surface area contributed by atoms with E-state index >= 15 is 0 Å². The molecule has 1 aliphatic rings. The van der Waals surface area contributed by atoms with Crippen LogP contribution in [0.2, 0.25) is 0 Å². The van der Waals surface area contributed by atoms with Crippen LogP contribution in [0.3, 0.4) is 0 Å². The van der Waals surface area contributed by atoms with Gasteiger partial charge in [-0.25, -0.2) is 4.98 Å². The standard InChI is InChI=1S/C21H22N2O3S2/c1-13(20(25)26-2)27-21-22-18-17(15-9-6-10-16(15)28-18)19(24)23(21)12-11-14-7-4-3-5-8-14/h3-5,7-8,13H,6,9-12H2,1-2H3/t13-/m0/s1. The number of carbonyl (C=O) groups excluding carboxylic acids is 1. The number of thiophene rings is 1. The first-order chi connectivity index (χ1) is 13.6. The number of rotatable bonds is 6. The van der Waals surface area contributed by atoms with Gasteiger partial charge >= 0.3 is 5.97 Å². The molecule has 0 fully saturated rings. The molecule has 3 aromatic rings. The molecule has 0 bridgehead atoms. The van der Waals surface area contributed by atoms with Crippen molar-refractivity contribution in [2.24, 2.45) is 0 Å². The van der Waals surface area contributed by atoms with Crippen molar-refractivity contribution in [2.45, 2.75) is 49.6 Å². The van der Waals surface area contributed by atoms with Gasteiger partial charge in [-0.2, -0.15) is 0 Å². The molecule has 0 radical (unpaired) electrons. The molecule has 28 heavy (non-hydrogen) atoms. The van der Waals surface area contributed by atoms with Gasteiger partial charge in [0.2, 0.25) is 0 Å². The second-order valence-corrected chi connectivity index (χ2v) is 9.30. The second kappa shape index (κ2) is 8.09. The molecule has 0 saturated carbocycles. The molecule has 0 spiro atoms. The zero-order valence-electron chi connectivity index (χ0n) is 15.9. The lowest BCUT2D eigenvalue weighted by Gasteiger charge is -2.15. The van der Waals surface area contributed by atoms with Crippen LogP contribution in [0, 0.1) is 0 Å². The van der Waals surface area contributed by atoms with Gasteiger partial charge in [-0.15, -0.1) is 11.3 Å². The third kappa shape index (κ3) is 3.61. The van der Waals surface area contributed by atoms with Crippen LogP contribution in [0.4, 0.5) is 0 Å². The first-order valence-corrected chi connectivity index (χ1v) is 11.1. The van der Waals surface area contributed by atoms with E-state index in [0.717, 1.165) is 35.9 Å². The molecule has 5 nitrogen and oxygen atoms in total. The highest BCUT2D eigenvalue weighted by molar-refractivity contribution is 8.00. The normalized spacial score (nSPS) is 14.2. The van der Waals surface area contributed by atoms with Crippen LogP contribution >= 0.6 is 23.1 Å². The number of esters is 1. The largest absolute Gasteiger partial charge is 0.468 e. The van der Waals surface area contributed by atoms with E-state index in [9.17, 15) is 9.59 Å². The average molecular weight is 415 g/mol. The molecule has 146 valence electrons. The molecule has 4 rings (SSSR count). The van der Waals surface area contributed by atoms with E-state index in [1.165, 1.54) is 34.9 Å². The van der Waals surface area contributed by atoms with Crippen LogP contribution in [0.15, 0.2) is 40.3 Å². The predicted octanol–water partition coefficient (Wildman–Crippen LogP) is 3.84. The van der Waals surface area contributed by atoms with Crippen LogP contribution in [0.5, 0.6) is 0 Å². The van der Waals surface area contributed by atoms with Gasteiger partial charge in [0, 0.05) is 11.4 Å². The molecule has 0 aliphatic heterocycles. The third-order valence-electron chi connectivity index (χ3n) is 5.07. The summed E-state index contributed by atoms with van der Waals surface area (Å²) in [5.41, 5.74) is 2.37. The molecule has 2 aromatic heterocycles. The lowest BCUT2D eigenvalue weighted by Crippen LogP contribution is -2.26. The SMILES string of the molecule is COC(=O)[C@H](C)Sc1nc2sc3c(c2c(=O)n1CCc1ccccc1)CCC3. The van der Waals surface area contributed by atoms with Crippen molar-refractivity contribution >= 4 is 39.3 Å². The Morgan fingerprint density at radius 1 is 1.32 bits per heavy atom. The summed E-state index contributed by atoms with van der Waals surface area (Å²) in [4.78, 5) is 32.2. The van der Waals surface area contributed by atoms with Gasteiger partial charge in [-0.05, 0) is 43.7 Å². The third-order valence-corrected chi connectivity index (χ3v) is 7.33. The van der Waals surface area contributed by atoms with E-state index in [4.69, 9.17) is 9.72 Å². The van der Waals surface area contributed by atoms with Crippen molar-refractivity contribution in [3.63, 3.8) is 0 Å². The summed E-state index contributed by atoms with van der Waals surface area (Å²) in [6, 6.07) is 10.1. The highest BCUT2D eigenvalue weighted by Gasteiger charge is 2.25.